The van der Waals surface area contributed by atoms with Gasteiger partial charge < -0.3 is 62.5 Å². The van der Waals surface area contributed by atoms with E-state index < -0.39 is 48.4 Å². The number of aliphatic hydroxyl groups is 1. The number of ether oxygens (including phenoxy) is 10. The van der Waals surface area contributed by atoms with Crippen molar-refractivity contribution < 1.29 is 76.8 Å². The Morgan fingerprint density at radius 2 is 1.13 bits per heavy atom. The predicted molar refractivity (Wildman–Crippen MR) is 354 cm³/mol. The fourth-order valence-electron chi connectivity index (χ4n) is 18.2. The number of hydrogen-bond donors (Lipinski definition) is 2. The van der Waals surface area contributed by atoms with Gasteiger partial charge in [-0.2, -0.15) is 10.5 Å². The number of nitrogens with zero attached hydrogens (tertiary/aromatic N) is 8. The molecule has 6 aromatic carbocycles. The Kier molecular flexibility index (Phi) is 16.3. The molecule has 0 aliphatic carbocycles. The fraction of sp³-hybridized carbons (Fsp3) is 0.413. The minimum absolute atomic E-state index is 0.00590. The molecule has 10 aliphatic rings. The highest BCUT2D eigenvalue weighted by Crippen LogP contribution is 2.62. The number of phenols is 1. The van der Waals surface area contributed by atoms with Crippen LogP contribution in [-0.2, 0) is 35.2 Å². The summed E-state index contributed by atoms with van der Waals surface area (Å²) < 4.78 is 59.9. The van der Waals surface area contributed by atoms with Crippen LogP contribution in [0.25, 0.3) is 0 Å². The smallest absolute Gasteiger partial charge is 0.308 e. The number of benzene rings is 6. The van der Waals surface area contributed by atoms with Gasteiger partial charge in [-0.25, -0.2) is 0 Å². The van der Waals surface area contributed by atoms with Crippen molar-refractivity contribution in [3.63, 3.8) is 0 Å². The average Bonchev–Trinajstić information content (AvgIpc) is 1.27. The second-order valence-corrected chi connectivity index (χ2v) is 26.9. The number of imide groups is 1. The molecule has 2 fully saturated rings. The van der Waals surface area contributed by atoms with Gasteiger partial charge >= 0.3 is 5.97 Å². The van der Waals surface area contributed by atoms with E-state index in [0.29, 0.717) is 116 Å². The molecule has 0 saturated carbocycles. The Hall–Kier alpha value is -9.92. The van der Waals surface area contributed by atoms with Crippen LogP contribution in [0.1, 0.15) is 141 Å². The van der Waals surface area contributed by atoms with Crippen LogP contribution in [0.15, 0.2) is 73.3 Å². The van der Waals surface area contributed by atoms with E-state index in [1.54, 1.807) is 68.8 Å². The van der Waals surface area contributed by atoms with E-state index in [1.807, 2.05) is 40.8 Å². The average molecular weight is 1350 g/mol. The molecule has 16 rings (SSSR count). The number of phenolic OH excluding ortho intramolecular Hbond substituents is 1. The number of rotatable bonds is 13. The molecule has 0 aromatic heterocycles. The quantitative estimate of drug-likeness (QED) is 0.0362. The van der Waals surface area contributed by atoms with Gasteiger partial charge in [0.05, 0.1) is 61.7 Å². The molecule has 2 saturated heterocycles. The molecule has 6 aromatic rings. The van der Waals surface area contributed by atoms with Gasteiger partial charge in [-0.3, -0.25) is 43.7 Å². The first-order chi connectivity index (χ1) is 47.8. The SMILES string of the molecule is C=CCOc1c(C)c2c(c3c1CC1[C@H]4c5c(cc(C)c(OC)c5OCOC)C[C@@H](C(C#N)N1[C@H]3CN1C(=O)c3ccccc3C1=O)N4C)OCO2.COc1c(C)cc2c(c1O)[C@@H]1C3Cc4c(OC(C)=O)c(C)c5c(c4[C@H](CN4C(=O)c6ccccc6C4O)N3C(C#N)[C@H](C2)N1C)OCO5. The zero-order chi connectivity index (χ0) is 69.5. The standard InChI is InChI=1S/C39H40N4O8.C36H36N4O8/c1-7-12-48-34-21(3)35-37(51-19-50-35)31-25(34)15-27-32-30-22(13-20(2)33(47-6)36(30)49-18-46-5)14-26(41(32)4)28(16-40)43(27)29(31)17-42-38(44)23-10-8-9-11-24(23)39(42)45;1-16-10-19-11-23-25(13-37)40-24(29(38(23)4)27(19)30(42)31(16)45-5)12-22-28(34-33(46-15-47-34)17(2)32(22)48-18(3)41)26(40)14-39-35(43)20-8-6-7-9-21(20)36(39)44/h7-11,13,26-29,32H,1,12,14-15,17-19H2,2-6H3;6-10,23-26,29,35,42-43H,11-12,14-15H2,1-5H3/t26-,27?,28?,29-,32-;23-,24?,25?,26-,29-,35?/m00/s1. The van der Waals surface area contributed by atoms with Crippen molar-refractivity contribution in [1.29, 1.82) is 10.5 Å². The van der Waals surface area contributed by atoms with E-state index in [1.165, 1.54) is 23.8 Å². The number of nitriles is 2. The molecular formula is C75H76N8O16. The zero-order valence-electron chi connectivity index (χ0n) is 56.7. The normalized spacial score (nSPS) is 25.5. The second-order valence-electron chi connectivity index (χ2n) is 26.9. The molecule has 24 heteroatoms. The number of fused-ring (bicyclic) bond motifs is 20. The molecule has 4 bridgehead atoms. The molecule has 0 radical (unpaired) electrons. The summed E-state index contributed by atoms with van der Waals surface area (Å²) in [6, 6.07) is 18.8. The number of likely N-dealkylation sites (N-methyl/N-ethyl adjacent to an activating group) is 2. The summed E-state index contributed by atoms with van der Waals surface area (Å²) in [7, 11) is 8.77. The van der Waals surface area contributed by atoms with E-state index in [9.17, 15) is 39.9 Å². The molecule has 11 atom stereocenters. The molecule has 0 spiro atoms. The van der Waals surface area contributed by atoms with E-state index in [4.69, 9.17) is 47.4 Å². The van der Waals surface area contributed by atoms with Crippen molar-refractivity contribution in [2.24, 2.45) is 0 Å². The van der Waals surface area contributed by atoms with Crippen molar-refractivity contribution in [3.8, 4) is 69.6 Å². The molecule has 512 valence electrons. The number of piperazine rings is 2. The molecule has 10 heterocycles. The lowest BCUT2D eigenvalue weighted by molar-refractivity contribution is -0.132. The molecule has 99 heavy (non-hydrogen) atoms. The number of methoxy groups -OCH3 is 3. The maximum absolute atomic E-state index is 13.9. The molecule has 10 aliphatic heterocycles. The van der Waals surface area contributed by atoms with Crippen molar-refractivity contribution in [1.82, 2.24) is 29.4 Å². The summed E-state index contributed by atoms with van der Waals surface area (Å²) in [6.07, 6.45) is 2.37. The van der Waals surface area contributed by atoms with E-state index in [0.717, 1.165) is 50.1 Å². The predicted octanol–water partition coefficient (Wildman–Crippen LogP) is 8.25. The van der Waals surface area contributed by atoms with Gasteiger partial charge in [0.1, 0.15) is 30.2 Å². The van der Waals surface area contributed by atoms with Crippen molar-refractivity contribution >= 4 is 23.7 Å². The summed E-state index contributed by atoms with van der Waals surface area (Å²) in [5.74, 6) is 3.14. The number of aromatic hydroxyl groups is 1. The van der Waals surface area contributed by atoms with Gasteiger partial charge in [-0.1, -0.05) is 55.1 Å². The van der Waals surface area contributed by atoms with Crippen LogP contribution >= 0.6 is 0 Å². The number of aryl methyl sites for hydroxylation is 2. The highest BCUT2D eigenvalue weighted by atomic mass is 16.7. The number of amides is 3. The lowest BCUT2D eigenvalue weighted by atomic mass is 9.71. The summed E-state index contributed by atoms with van der Waals surface area (Å²) in [6.45, 7) is 13.1. The second kappa shape index (κ2) is 24.8. The van der Waals surface area contributed by atoms with Gasteiger partial charge in [-0.15, -0.1) is 0 Å². The lowest BCUT2D eigenvalue weighted by Crippen LogP contribution is -2.69. The number of esters is 1. The molecule has 24 nitrogen and oxygen atoms in total. The third kappa shape index (κ3) is 9.65. The van der Waals surface area contributed by atoms with Crippen LogP contribution in [-0.4, -0.2) is 175 Å². The van der Waals surface area contributed by atoms with E-state index in [2.05, 4.69) is 51.4 Å². The Balaban J connectivity index is 0.000000162. The van der Waals surface area contributed by atoms with Gasteiger partial charge in [0.25, 0.3) is 17.7 Å². The maximum Gasteiger partial charge on any atom is 0.308 e. The largest absolute Gasteiger partial charge is 0.504 e. The minimum Gasteiger partial charge on any atom is -0.504 e. The van der Waals surface area contributed by atoms with Gasteiger partial charge in [0, 0.05) is 107 Å². The number of hydrogen-bond acceptors (Lipinski definition) is 22. The third-order valence-corrected chi connectivity index (χ3v) is 22.1. The fourth-order valence-corrected chi connectivity index (χ4v) is 18.2. The topological polar surface area (TPSA) is 268 Å². The molecular weight excluding hydrogens is 1270 g/mol. The van der Waals surface area contributed by atoms with Gasteiger partial charge in [-0.05, 0) is 108 Å². The highest BCUT2D eigenvalue weighted by molar-refractivity contribution is 6.21. The van der Waals surface area contributed by atoms with Crippen LogP contribution in [0.3, 0.4) is 0 Å². The number of aliphatic hydroxyl groups excluding tert-OH is 1. The first kappa shape index (κ1) is 65.0. The highest BCUT2D eigenvalue weighted by Gasteiger charge is 2.60. The monoisotopic (exact) mass is 1340 g/mol. The van der Waals surface area contributed by atoms with Crippen LogP contribution in [0.5, 0.6) is 57.5 Å². The number of carbonyl (C=O) groups excluding carboxylic acids is 4. The minimum atomic E-state index is -1.20. The van der Waals surface area contributed by atoms with E-state index in [-0.39, 0.29) is 87.7 Å². The van der Waals surface area contributed by atoms with Crippen LogP contribution in [0, 0.1) is 50.4 Å². The Bertz CT molecular complexity index is 4510. The summed E-state index contributed by atoms with van der Waals surface area (Å²) in [5, 5.41) is 45.3. The van der Waals surface area contributed by atoms with Gasteiger partial charge in [0.15, 0.2) is 59.0 Å². The van der Waals surface area contributed by atoms with Crippen molar-refractivity contribution in [3.05, 3.63) is 162 Å². The van der Waals surface area contributed by atoms with E-state index >= 15 is 0 Å². The van der Waals surface area contributed by atoms with Crippen molar-refractivity contribution in [2.45, 2.75) is 127 Å². The van der Waals surface area contributed by atoms with Gasteiger partial charge in [0.2, 0.25) is 13.6 Å². The first-order valence-corrected chi connectivity index (χ1v) is 33.2. The Labute approximate surface area is 572 Å². The maximum atomic E-state index is 13.9. The molecule has 3 amide bonds. The lowest BCUT2D eigenvalue weighted by Gasteiger charge is -2.60. The first-order valence-electron chi connectivity index (χ1n) is 33.2. The Morgan fingerprint density at radius 1 is 0.626 bits per heavy atom. The molecule has 5 unspecified atom stereocenters. The zero-order valence-corrected chi connectivity index (χ0v) is 56.7. The summed E-state index contributed by atoms with van der Waals surface area (Å²) >= 11 is 0. The third-order valence-electron chi connectivity index (χ3n) is 22.1. The summed E-state index contributed by atoms with van der Waals surface area (Å²) in [4.78, 5) is 65.8. The van der Waals surface area contributed by atoms with Crippen molar-refractivity contribution in [2.75, 3.05) is 75.5 Å². The number of carbonyl (C=O) groups is 4. The molecule has 2 N–H and O–H groups in total. The van der Waals surface area contributed by atoms with Crippen LogP contribution in [0.4, 0.5) is 0 Å². The Morgan fingerprint density at radius 3 is 1.67 bits per heavy atom. The van der Waals surface area contributed by atoms with Crippen LogP contribution in [0.2, 0.25) is 0 Å². The summed E-state index contributed by atoms with van der Waals surface area (Å²) in [5.41, 5.74) is 11.5. The van der Waals surface area contributed by atoms with Crippen LogP contribution < -0.4 is 42.6 Å².